The molecule has 1 aliphatic heterocycles. The zero-order chi connectivity index (χ0) is 17.8. The summed E-state index contributed by atoms with van der Waals surface area (Å²) < 4.78 is 5.89. The number of hydrogen-bond acceptors (Lipinski definition) is 4. The Balaban J connectivity index is 1.57. The van der Waals surface area contributed by atoms with E-state index in [4.69, 9.17) is 4.74 Å². The van der Waals surface area contributed by atoms with Crippen LogP contribution in [0.4, 0.5) is 0 Å². The molecule has 4 aliphatic carbocycles. The fourth-order valence-corrected chi connectivity index (χ4v) is 7.44. The Bertz CT molecular complexity index is 751. The van der Waals surface area contributed by atoms with E-state index in [-0.39, 0.29) is 34.4 Å². The average Bonchev–Trinajstić information content (AvgIpc) is 3.22. The predicted octanol–water partition coefficient (Wildman–Crippen LogP) is 3.03. The lowest BCUT2D eigenvalue weighted by Gasteiger charge is -2.57. The van der Waals surface area contributed by atoms with Gasteiger partial charge >= 0.3 is 0 Å². The quantitative estimate of drug-likeness (QED) is 0.687. The van der Waals surface area contributed by atoms with Crippen LogP contribution in [0, 0.1) is 28.6 Å². The monoisotopic (exact) mass is 342 g/mol. The number of ketones is 3. The maximum atomic E-state index is 13.4. The van der Waals surface area contributed by atoms with Crippen LogP contribution in [0.2, 0.25) is 0 Å². The third-order valence-electron chi connectivity index (χ3n) is 8.61. The molecule has 0 aromatic rings. The van der Waals surface area contributed by atoms with Crippen molar-refractivity contribution in [2.75, 3.05) is 0 Å². The van der Waals surface area contributed by atoms with E-state index in [1.54, 1.807) is 6.92 Å². The van der Waals surface area contributed by atoms with E-state index in [0.717, 1.165) is 25.7 Å². The molecular weight excluding hydrogens is 316 g/mol. The summed E-state index contributed by atoms with van der Waals surface area (Å²) >= 11 is 0. The first-order valence-electron chi connectivity index (χ1n) is 9.69. The number of carbonyl (C=O) groups excluding carboxylic acids is 3. The number of allylic oxidation sites excluding steroid dienone is 1. The van der Waals surface area contributed by atoms with Gasteiger partial charge in [0, 0.05) is 24.2 Å². The van der Waals surface area contributed by atoms with Gasteiger partial charge < -0.3 is 4.74 Å². The van der Waals surface area contributed by atoms with Gasteiger partial charge in [-0.3, -0.25) is 14.4 Å². The second-order valence-electron chi connectivity index (χ2n) is 9.53. The molecule has 5 aliphatic rings. The summed E-state index contributed by atoms with van der Waals surface area (Å²) in [6, 6.07) is 0. The normalized spacial score (nSPS) is 53.3. The molecule has 0 radical (unpaired) electrons. The smallest absolute Gasteiger partial charge is 0.164 e. The molecule has 0 spiro atoms. The molecule has 0 aromatic carbocycles. The Morgan fingerprint density at radius 2 is 2.00 bits per heavy atom. The highest BCUT2D eigenvalue weighted by Gasteiger charge is 2.80. The molecule has 1 heterocycles. The summed E-state index contributed by atoms with van der Waals surface area (Å²) in [6.07, 6.45) is 6.45. The molecule has 0 N–H and O–H groups in total. The Morgan fingerprint density at radius 1 is 1.24 bits per heavy atom. The van der Waals surface area contributed by atoms with Crippen molar-refractivity contribution in [3.63, 3.8) is 0 Å². The maximum Gasteiger partial charge on any atom is 0.164 e. The van der Waals surface area contributed by atoms with Gasteiger partial charge in [0.2, 0.25) is 0 Å². The number of ether oxygens (including phenoxy) is 1. The van der Waals surface area contributed by atoms with Gasteiger partial charge in [-0.25, -0.2) is 0 Å². The minimum absolute atomic E-state index is 0.0141. The van der Waals surface area contributed by atoms with Gasteiger partial charge in [0.15, 0.2) is 17.2 Å². The van der Waals surface area contributed by atoms with Crippen molar-refractivity contribution < 1.29 is 19.1 Å². The van der Waals surface area contributed by atoms with Gasteiger partial charge in [-0.2, -0.15) is 0 Å². The zero-order valence-electron chi connectivity index (χ0n) is 15.3. The molecule has 5 rings (SSSR count). The second-order valence-corrected chi connectivity index (χ2v) is 9.53. The second kappa shape index (κ2) is 4.51. The summed E-state index contributed by atoms with van der Waals surface area (Å²) in [5.74, 6) is 1.33. The van der Waals surface area contributed by atoms with Gasteiger partial charge in [-0.15, -0.1) is 0 Å². The lowest BCUT2D eigenvalue weighted by molar-refractivity contribution is -0.154. The van der Waals surface area contributed by atoms with Crippen molar-refractivity contribution in [3.05, 3.63) is 11.6 Å². The fraction of sp³-hybridized carbons (Fsp3) is 0.762. The summed E-state index contributed by atoms with van der Waals surface area (Å²) in [6.45, 7) is 5.95. The topological polar surface area (TPSA) is 63.7 Å². The summed E-state index contributed by atoms with van der Waals surface area (Å²) in [5, 5.41) is 0. The van der Waals surface area contributed by atoms with Crippen molar-refractivity contribution in [3.8, 4) is 0 Å². The minimum atomic E-state index is -0.697. The van der Waals surface area contributed by atoms with Crippen LogP contribution in [-0.2, 0) is 19.1 Å². The van der Waals surface area contributed by atoms with Gasteiger partial charge in [-0.1, -0.05) is 19.4 Å². The standard InChI is InChI=1S/C21H26O4/c1-11(22)21-17(25-21)9-15-14-5-4-12-8-13(23)6-7-19(12,2)18(14)16(24)10-20(15,21)3/h8,14-15,17-18H,4-7,9-10H2,1-3H3/t14-,15-,17?,18+,19-,20-,21+/m0/s1. The van der Waals surface area contributed by atoms with Crippen LogP contribution in [0.1, 0.15) is 59.3 Å². The number of epoxide rings is 1. The first-order chi connectivity index (χ1) is 11.7. The van der Waals surface area contributed by atoms with Gasteiger partial charge in [0.1, 0.15) is 5.78 Å². The van der Waals surface area contributed by atoms with Crippen molar-refractivity contribution in [1.82, 2.24) is 0 Å². The molecule has 25 heavy (non-hydrogen) atoms. The Hall–Kier alpha value is -1.29. The Morgan fingerprint density at radius 3 is 2.72 bits per heavy atom. The Kier molecular flexibility index (Phi) is 2.87. The molecular formula is C21H26O4. The van der Waals surface area contributed by atoms with Crippen LogP contribution >= 0.6 is 0 Å². The third-order valence-corrected chi connectivity index (χ3v) is 8.61. The molecule has 4 nitrogen and oxygen atoms in total. The van der Waals surface area contributed by atoms with Crippen LogP contribution in [0.5, 0.6) is 0 Å². The number of hydrogen-bond donors (Lipinski definition) is 0. The largest absolute Gasteiger partial charge is 0.357 e. The molecule has 1 unspecified atom stereocenters. The highest BCUT2D eigenvalue weighted by Crippen LogP contribution is 2.72. The van der Waals surface area contributed by atoms with Crippen molar-refractivity contribution in [1.29, 1.82) is 0 Å². The molecule has 4 fully saturated rings. The van der Waals surface area contributed by atoms with Crippen LogP contribution in [-0.4, -0.2) is 29.1 Å². The first kappa shape index (κ1) is 15.9. The molecule has 134 valence electrons. The van der Waals surface area contributed by atoms with E-state index >= 15 is 0 Å². The molecule has 1 saturated heterocycles. The van der Waals surface area contributed by atoms with Crippen molar-refractivity contribution in [2.24, 2.45) is 28.6 Å². The van der Waals surface area contributed by atoms with Crippen LogP contribution < -0.4 is 0 Å². The molecule has 0 bridgehead atoms. The zero-order valence-corrected chi connectivity index (χ0v) is 15.3. The predicted molar refractivity (Wildman–Crippen MR) is 90.8 cm³/mol. The van der Waals surface area contributed by atoms with E-state index in [9.17, 15) is 14.4 Å². The maximum absolute atomic E-state index is 13.4. The van der Waals surface area contributed by atoms with E-state index < -0.39 is 5.60 Å². The number of fused-ring (bicyclic) bond motifs is 7. The molecule has 7 atom stereocenters. The van der Waals surface area contributed by atoms with E-state index in [1.165, 1.54) is 5.57 Å². The summed E-state index contributed by atoms with van der Waals surface area (Å²) in [7, 11) is 0. The van der Waals surface area contributed by atoms with E-state index in [2.05, 4.69) is 13.8 Å². The molecule has 3 saturated carbocycles. The average molecular weight is 342 g/mol. The van der Waals surface area contributed by atoms with Crippen LogP contribution in [0.25, 0.3) is 0 Å². The minimum Gasteiger partial charge on any atom is -0.357 e. The SMILES string of the molecule is CC(=O)[C@@]12OC1C[C@H]1[C@@H]3CCC4=CC(=O)CC[C@]4(C)[C@H]3C(=O)C[C@@]12C. The van der Waals surface area contributed by atoms with Crippen LogP contribution in [0.15, 0.2) is 11.6 Å². The van der Waals surface area contributed by atoms with Gasteiger partial charge in [0.25, 0.3) is 0 Å². The number of rotatable bonds is 1. The molecule has 0 aromatic heterocycles. The van der Waals surface area contributed by atoms with E-state index in [0.29, 0.717) is 30.5 Å². The highest BCUT2D eigenvalue weighted by molar-refractivity contribution is 5.95. The van der Waals surface area contributed by atoms with Crippen LogP contribution in [0.3, 0.4) is 0 Å². The summed E-state index contributed by atoms with van der Waals surface area (Å²) in [4.78, 5) is 37.6. The number of carbonyl (C=O) groups is 3. The van der Waals surface area contributed by atoms with Gasteiger partial charge in [0.05, 0.1) is 6.10 Å². The lowest BCUT2D eigenvalue weighted by atomic mass is 9.46. The first-order valence-corrected chi connectivity index (χ1v) is 9.69. The third kappa shape index (κ3) is 1.66. The Labute approximate surface area is 148 Å². The van der Waals surface area contributed by atoms with E-state index in [1.807, 2.05) is 6.08 Å². The highest BCUT2D eigenvalue weighted by atomic mass is 16.6. The fourth-order valence-electron chi connectivity index (χ4n) is 7.44. The van der Waals surface area contributed by atoms with Crippen molar-refractivity contribution in [2.45, 2.75) is 71.0 Å². The van der Waals surface area contributed by atoms with Crippen molar-refractivity contribution >= 4 is 17.3 Å². The lowest BCUT2D eigenvalue weighted by Crippen LogP contribution is -2.58. The van der Waals surface area contributed by atoms with Gasteiger partial charge in [-0.05, 0) is 55.9 Å². The summed E-state index contributed by atoms with van der Waals surface area (Å²) in [5.41, 5.74) is -0.00358. The molecule has 0 amide bonds. The number of Topliss-reactive ketones (excluding diaryl/α,β-unsaturated/α-hetero) is 2. The molecule has 4 heteroatoms.